The van der Waals surface area contributed by atoms with E-state index in [1.165, 1.54) is 0 Å². The Labute approximate surface area is 61.5 Å². The van der Waals surface area contributed by atoms with Gasteiger partial charge in [0.1, 0.15) is 0 Å². The van der Waals surface area contributed by atoms with Crippen molar-refractivity contribution in [3.05, 3.63) is 0 Å². The van der Waals surface area contributed by atoms with Crippen LogP contribution in [0.5, 0.6) is 0 Å². The Bertz CT molecular complexity index is 67.9. The van der Waals surface area contributed by atoms with Gasteiger partial charge in [-0.15, -0.1) is 0 Å². The third-order valence-corrected chi connectivity index (χ3v) is 3.92. The SMILES string of the molecule is CCCO[Si][Si](C)(C)C. The van der Waals surface area contributed by atoms with Crippen LogP contribution in [0, 0.1) is 0 Å². The highest BCUT2D eigenvalue weighted by Crippen LogP contribution is 1.97. The zero-order valence-corrected chi connectivity index (χ0v) is 8.82. The molecule has 0 aromatic heterocycles. The van der Waals surface area contributed by atoms with Crippen LogP contribution in [0.4, 0.5) is 0 Å². The second-order valence-corrected chi connectivity index (χ2v) is 13.3. The Hall–Kier alpha value is 0.394. The van der Waals surface area contributed by atoms with Crippen LogP contribution in [0.25, 0.3) is 0 Å². The zero-order chi connectivity index (χ0) is 7.33. The second-order valence-electron chi connectivity index (χ2n) is 3.20. The second kappa shape index (κ2) is 4.25. The predicted octanol–water partition coefficient (Wildman–Crippen LogP) is 1.87. The number of hydrogen-bond acceptors (Lipinski definition) is 1. The Morgan fingerprint density at radius 2 is 1.89 bits per heavy atom. The maximum absolute atomic E-state index is 5.44. The Morgan fingerprint density at radius 1 is 1.33 bits per heavy atom. The van der Waals surface area contributed by atoms with Crippen LogP contribution in [0.15, 0.2) is 0 Å². The number of hydrogen-bond donors (Lipinski definition) is 0. The van der Waals surface area contributed by atoms with Crippen LogP contribution in [0.3, 0.4) is 0 Å². The van der Waals surface area contributed by atoms with Crippen molar-refractivity contribution in [2.45, 2.75) is 33.0 Å². The summed E-state index contributed by atoms with van der Waals surface area (Å²) in [7, 11) is -0.102. The van der Waals surface area contributed by atoms with E-state index >= 15 is 0 Å². The molecule has 3 heteroatoms. The van der Waals surface area contributed by atoms with Gasteiger partial charge in [-0.3, -0.25) is 0 Å². The van der Waals surface area contributed by atoms with Crippen molar-refractivity contribution in [2.75, 3.05) is 6.61 Å². The molecule has 9 heavy (non-hydrogen) atoms. The van der Waals surface area contributed by atoms with E-state index in [4.69, 9.17) is 4.43 Å². The molecule has 0 aromatic rings. The van der Waals surface area contributed by atoms with Gasteiger partial charge < -0.3 is 4.43 Å². The highest BCUT2D eigenvalue weighted by Gasteiger charge is 2.14. The topological polar surface area (TPSA) is 9.23 Å². The van der Waals surface area contributed by atoms with Gasteiger partial charge in [-0.25, -0.2) is 0 Å². The highest BCUT2D eigenvalue weighted by atomic mass is 29.2. The minimum absolute atomic E-state index is 0.787. The normalized spacial score (nSPS) is 12.0. The minimum atomic E-state index is -0.889. The molecule has 1 nitrogen and oxygen atoms in total. The molecule has 0 spiro atoms. The average Bonchev–Trinajstić information content (AvgIpc) is 1.63. The van der Waals surface area contributed by atoms with Gasteiger partial charge >= 0.3 is 0 Å². The summed E-state index contributed by atoms with van der Waals surface area (Å²) < 4.78 is 5.44. The van der Waals surface area contributed by atoms with E-state index in [-0.39, 0.29) is 0 Å². The van der Waals surface area contributed by atoms with Crippen molar-refractivity contribution in [2.24, 2.45) is 0 Å². The lowest BCUT2D eigenvalue weighted by Gasteiger charge is -2.12. The summed E-state index contributed by atoms with van der Waals surface area (Å²) in [4.78, 5) is 0. The quantitative estimate of drug-likeness (QED) is 0.451. The van der Waals surface area contributed by atoms with E-state index in [1.807, 2.05) is 0 Å². The third-order valence-electron chi connectivity index (χ3n) is 0.685. The lowest BCUT2D eigenvalue weighted by atomic mass is 10.5. The largest absolute Gasteiger partial charge is 0.421 e. The van der Waals surface area contributed by atoms with Crippen LogP contribution in [-0.4, -0.2) is 23.5 Å². The first-order valence-electron chi connectivity index (χ1n) is 3.45. The van der Waals surface area contributed by atoms with Crippen molar-refractivity contribution in [3.63, 3.8) is 0 Å². The van der Waals surface area contributed by atoms with Gasteiger partial charge in [0.15, 0.2) is 0 Å². The maximum Gasteiger partial charge on any atom is 0.211 e. The first-order chi connectivity index (χ1) is 4.06. The zero-order valence-electron chi connectivity index (χ0n) is 6.82. The molecule has 0 bridgehead atoms. The van der Waals surface area contributed by atoms with Crippen molar-refractivity contribution >= 4 is 16.9 Å². The average molecular weight is 160 g/mol. The Kier molecular flexibility index (Phi) is 4.43. The van der Waals surface area contributed by atoms with Crippen LogP contribution >= 0.6 is 0 Å². The van der Waals surface area contributed by atoms with Crippen molar-refractivity contribution in [1.82, 2.24) is 0 Å². The molecule has 0 aromatic carbocycles. The molecule has 0 amide bonds. The summed E-state index contributed by atoms with van der Waals surface area (Å²) in [5.41, 5.74) is 0. The van der Waals surface area contributed by atoms with Gasteiger partial charge in [0.05, 0.1) is 7.59 Å². The van der Waals surface area contributed by atoms with Crippen molar-refractivity contribution in [3.8, 4) is 0 Å². The van der Waals surface area contributed by atoms with E-state index in [9.17, 15) is 0 Å². The van der Waals surface area contributed by atoms with Crippen LogP contribution in [-0.2, 0) is 4.43 Å². The molecule has 0 aliphatic heterocycles. The molecule has 54 valence electrons. The van der Waals surface area contributed by atoms with Gasteiger partial charge in [0, 0.05) is 6.61 Å². The van der Waals surface area contributed by atoms with Crippen LogP contribution in [0.1, 0.15) is 13.3 Å². The summed E-state index contributed by atoms with van der Waals surface area (Å²) in [6.45, 7) is 10.1. The monoisotopic (exact) mass is 160 g/mol. The summed E-state index contributed by atoms with van der Waals surface area (Å²) >= 11 is 0. The van der Waals surface area contributed by atoms with Gasteiger partial charge in [0.25, 0.3) is 0 Å². The van der Waals surface area contributed by atoms with Gasteiger partial charge in [-0.2, -0.15) is 0 Å². The molecule has 0 atom stereocenters. The molecule has 0 N–H and O–H groups in total. The molecule has 0 aliphatic rings. The van der Waals surface area contributed by atoms with E-state index in [1.54, 1.807) is 0 Å². The number of rotatable bonds is 4. The van der Waals surface area contributed by atoms with E-state index in [2.05, 4.69) is 26.6 Å². The minimum Gasteiger partial charge on any atom is -0.421 e. The van der Waals surface area contributed by atoms with Crippen molar-refractivity contribution < 1.29 is 4.43 Å². The smallest absolute Gasteiger partial charge is 0.211 e. The molecular formula is C6H16OSi2. The molecular weight excluding hydrogens is 144 g/mol. The van der Waals surface area contributed by atoms with Gasteiger partial charge in [-0.1, -0.05) is 26.6 Å². The van der Waals surface area contributed by atoms with Crippen molar-refractivity contribution in [1.29, 1.82) is 0 Å². The molecule has 2 radical (unpaired) electrons. The molecule has 0 heterocycles. The summed E-state index contributed by atoms with van der Waals surface area (Å²) in [5, 5.41) is 0. The lowest BCUT2D eigenvalue weighted by Crippen LogP contribution is -2.32. The van der Waals surface area contributed by atoms with E-state index in [0.29, 0.717) is 0 Å². The Morgan fingerprint density at radius 3 is 2.22 bits per heavy atom. The van der Waals surface area contributed by atoms with Gasteiger partial charge in [0.2, 0.25) is 9.28 Å². The van der Waals surface area contributed by atoms with Crippen LogP contribution < -0.4 is 0 Å². The fourth-order valence-corrected chi connectivity index (χ4v) is 2.71. The predicted molar refractivity (Wildman–Crippen MR) is 45.3 cm³/mol. The molecule has 0 rings (SSSR count). The fourth-order valence-electron chi connectivity index (χ4n) is 0.370. The van der Waals surface area contributed by atoms with Crippen LogP contribution in [0.2, 0.25) is 19.6 Å². The molecule has 0 fully saturated rings. The molecule has 0 unspecified atom stereocenters. The Balaban J connectivity index is 3.07. The molecule has 0 saturated carbocycles. The first-order valence-corrected chi connectivity index (χ1v) is 8.86. The molecule has 0 saturated heterocycles. The lowest BCUT2D eigenvalue weighted by molar-refractivity contribution is 0.343. The highest BCUT2D eigenvalue weighted by molar-refractivity contribution is 7.20. The summed E-state index contributed by atoms with van der Waals surface area (Å²) in [6.07, 6.45) is 1.15. The molecule has 0 aliphatic carbocycles. The van der Waals surface area contributed by atoms with E-state index < -0.39 is 7.59 Å². The first kappa shape index (κ1) is 9.39. The van der Waals surface area contributed by atoms with E-state index in [0.717, 1.165) is 22.3 Å². The summed E-state index contributed by atoms with van der Waals surface area (Å²) in [5.74, 6) is 0. The fraction of sp³-hybridized carbons (Fsp3) is 1.00. The summed E-state index contributed by atoms with van der Waals surface area (Å²) in [6, 6.07) is 0. The maximum atomic E-state index is 5.44. The third kappa shape index (κ3) is 8.39. The van der Waals surface area contributed by atoms with Gasteiger partial charge in [-0.05, 0) is 6.42 Å². The standard InChI is InChI=1S/C6H16OSi2/c1-5-6-7-8-9(2,3)4/h5-6H2,1-4H3.